The molecule has 3 nitrogen and oxygen atoms in total. The van der Waals surface area contributed by atoms with Crippen molar-refractivity contribution < 1.29 is 9.00 Å². The molecule has 0 bridgehead atoms. The van der Waals surface area contributed by atoms with Crippen LogP contribution in [0.3, 0.4) is 0 Å². The van der Waals surface area contributed by atoms with E-state index in [1.165, 1.54) is 5.56 Å². The van der Waals surface area contributed by atoms with Crippen LogP contribution in [0.1, 0.15) is 36.6 Å². The lowest BCUT2D eigenvalue weighted by Gasteiger charge is -2.24. The smallest absolute Gasteiger partial charge is 0.224 e. The summed E-state index contributed by atoms with van der Waals surface area (Å²) in [6, 6.07) is 15.5. The number of hydrogen-bond acceptors (Lipinski definition) is 2. The Bertz CT molecular complexity index is 723. The summed E-state index contributed by atoms with van der Waals surface area (Å²) in [5.41, 5.74) is 3.28. The third-order valence-electron chi connectivity index (χ3n) is 4.13. The van der Waals surface area contributed by atoms with E-state index in [2.05, 4.69) is 38.2 Å². The quantitative estimate of drug-likeness (QED) is 0.867. The van der Waals surface area contributed by atoms with Crippen molar-refractivity contribution in [3.8, 4) is 0 Å². The summed E-state index contributed by atoms with van der Waals surface area (Å²) in [6.07, 6.45) is 1.98. The van der Waals surface area contributed by atoms with Crippen molar-refractivity contribution >= 4 is 16.7 Å². The van der Waals surface area contributed by atoms with Gasteiger partial charge < -0.3 is 5.32 Å². The standard InChI is InChI=1S/C20H25NO2S/c1-14(2)20(18-8-6-5-7-15(18)3)21-19(22)13-16-9-11-17(12-10-16)24(4)23/h5-12,14,20H,13H2,1-4H3,(H,21,22)/t20-,24-/m0/s1. The molecule has 0 aromatic heterocycles. The summed E-state index contributed by atoms with van der Waals surface area (Å²) in [6.45, 7) is 6.30. The van der Waals surface area contributed by atoms with Crippen molar-refractivity contribution in [2.75, 3.05) is 6.26 Å². The van der Waals surface area contributed by atoms with E-state index in [0.29, 0.717) is 12.3 Å². The van der Waals surface area contributed by atoms with Gasteiger partial charge in [-0.25, -0.2) is 0 Å². The van der Waals surface area contributed by atoms with Gasteiger partial charge in [-0.05, 0) is 41.7 Å². The first-order valence-corrected chi connectivity index (χ1v) is 9.71. The van der Waals surface area contributed by atoms with Gasteiger partial charge in [0.1, 0.15) is 0 Å². The number of rotatable bonds is 6. The zero-order chi connectivity index (χ0) is 17.7. The molecule has 1 N–H and O–H groups in total. The Hall–Kier alpha value is -1.94. The summed E-state index contributed by atoms with van der Waals surface area (Å²) in [5.74, 6) is 0.308. The Balaban J connectivity index is 2.08. The number of hydrogen-bond donors (Lipinski definition) is 1. The minimum absolute atomic E-state index is 0.00104. The van der Waals surface area contributed by atoms with Crippen LogP contribution < -0.4 is 5.32 Å². The van der Waals surface area contributed by atoms with Crippen LogP contribution in [0.2, 0.25) is 0 Å². The SMILES string of the molecule is Cc1ccccc1[C@@H](NC(=O)Cc1ccc([S@](C)=O)cc1)C(C)C. The normalized spacial score (nSPS) is 13.5. The first-order valence-electron chi connectivity index (χ1n) is 8.15. The van der Waals surface area contributed by atoms with Gasteiger partial charge in [0.15, 0.2) is 0 Å². The van der Waals surface area contributed by atoms with Gasteiger partial charge in [0.25, 0.3) is 0 Å². The number of carbonyl (C=O) groups is 1. The van der Waals surface area contributed by atoms with Gasteiger partial charge in [0.05, 0.1) is 12.5 Å². The van der Waals surface area contributed by atoms with Crippen molar-refractivity contribution in [2.24, 2.45) is 5.92 Å². The monoisotopic (exact) mass is 343 g/mol. The number of nitrogens with one attached hydrogen (secondary N) is 1. The number of aryl methyl sites for hydroxylation is 1. The third kappa shape index (κ3) is 4.78. The van der Waals surface area contributed by atoms with Crippen molar-refractivity contribution in [1.29, 1.82) is 0 Å². The summed E-state index contributed by atoms with van der Waals surface area (Å²) in [5, 5.41) is 3.16. The molecule has 0 aliphatic heterocycles. The van der Waals surface area contributed by atoms with Gasteiger partial charge in [-0.2, -0.15) is 0 Å². The molecule has 0 saturated heterocycles. The van der Waals surface area contributed by atoms with Crippen LogP contribution >= 0.6 is 0 Å². The highest BCUT2D eigenvalue weighted by Crippen LogP contribution is 2.24. The lowest BCUT2D eigenvalue weighted by atomic mass is 9.92. The fourth-order valence-corrected chi connectivity index (χ4v) is 3.27. The summed E-state index contributed by atoms with van der Waals surface area (Å²) in [4.78, 5) is 13.2. The first kappa shape index (κ1) is 18.4. The van der Waals surface area contributed by atoms with Gasteiger partial charge >= 0.3 is 0 Å². The molecule has 24 heavy (non-hydrogen) atoms. The van der Waals surface area contributed by atoms with Crippen molar-refractivity contribution in [2.45, 2.75) is 38.1 Å². The predicted molar refractivity (Wildman–Crippen MR) is 99.4 cm³/mol. The molecule has 2 rings (SSSR count). The molecule has 4 heteroatoms. The average molecular weight is 343 g/mol. The third-order valence-corrected chi connectivity index (χ3v) is 5.06. The molecule has 0 saturated carbocycles. The largest absolute Gasteiger partial charge is 0.349 e. The highest BCUT2D eigenvalue weighted by Gasteiger charge is 2.19. The highest BCUT2D eigenvalue weighted by molar-refractivity contribution is 7.84. The Morgan fingerprint density at radius 2 is 1.71 bits per heavy atom. The Kier molecular flexibility index (Phi) is 6.32. The molecule has 1 amide bonds. The number of carbonyl (C=O) groups excluding carboxylic acids is 1. The maximum absolute atomic E-state index is 12.5. The van der Waals surface area contributed by atoms with Crippen LogP contribution in [0.4, 0.5) is 0 Å². The molecule has 0 aliphatic carbocycles. The molecule has 0 heterocycles. The molecule has 0 spiro atoms. The summed E-state index contributed by atoms with van der Waals surface area (Å²) < 4.78 is 11.4. The summed E-state index contributed by atoms with van der Waals surface area (Å²) in [7, 11) is -0.993. The van der Waals surface area contributed by atoms with Gasteiger partial charge in [-0.1, -0.05) is 50.2 Å². The van der Waals surface area contributed by atoms with E-state index in [1.807, 2.05) is 36.4 Å². The molecular weight excluding hydrogens is 318 g/mol. The predicted octanol–water partition coefficient (Wildman–Crippen LogP) is 3.79. The molecule has 128 valence electrons. The Morgan fingerprint density at radius 3 is 2.25 bits per heavy atom. The fourth-order valence-electron chi connectivity index (χ4n) is 2.75. The second-order valence-electron chi connectivity index (χ2n) is 6.42. The molecule has 0 radical (unpaired) electrons. The molecule has 2 atom stereocenters. The van der Waals surface area contributed by atoms with Gasteiger partial charge in [-0.15, -0.1) is 0 Å². The Morgan fingerprint density at radius 1 is 1.08 bits per heavy atom. The second kappa shape index (κ2) is 8.25. The number of benzene rings is 2. The van der Waals surface area contributed by atoms with Crippen LogP contribution in [0.25, 0.3) is 0 Å². The molecule has 2 aromatic carbocycles. The lowest BCUT2D eigenvalue weighted by Crippen LogP contribution is -2.33. The number of amides is 1. The van der Waals surface area contributed by atoms with E-state index in [4.69, 9.17) is 0 Å². The fraction of sp³-hybridized carbons (Fsp3) is 0.350. The highest BCUT2D eigenvalue weighted by atomic mass is 32.2. The van der Waals surface area contributed by atoms with Crippen LogP contribution in [-0.4, -0.2) is 16.4 Å². The molecule has 0 fully saturated rings. The van der Waals surface area contributed by atoms with Crippen LogP contribution in [0.5, 0.6) is 0 Å². The van der Waals surface area contributed by atoms with Crippen LogP contribution in [0.15, 0.2) is 53.4 Å². The maximum Gasteiger partial charge on any atom is 0.224 e. The van der Waals surface area contributed by atoms with Crippen LogP contribution in [-0.2, 0) is 22.0 Å². The van der Waals surface area contributed by atoms with Crippen molar-refractivity contribution in [3.05, 3.63) is 65.2 Å². The van der Waals surface area contributed by atoms with E-state index in [-0.39, 0.29) is 11.9 Å². The minimum Gasteiger partial charge on any atom is -0.349 e. The van der Waals surface area contributed by atoms with Crippen molar-refractivity contribution in [3.63, 3.8) is 0 Å². The minimum atomic E-state index is -0.993. The first-order chi connectivity index (χ1) is 11.4. The zero-order valence-electron chi connectivity index (χ0n) is 14.7. The van der Waals surface area contributed by atoms with E-state index in [1.54, 1.807) is 6.26 Å². The Labute approximate surface area is 146 Å². The molecule has 0 unspecified atom stereocenters. The van der Waals surface area contributed by atoms with E-state index in [9.17, 15) is 9.00 Å². The summed E-state index contributed by atoms with van der Waals surface area (Å²) >= 11 is 0. The van der Waals surface area contributed by atoms with E-state index < -0.39 is 10.8 Å². The maximum atomic E-state index is 12.5. The van der Waals surface area contributed by atoms with Crippen LogP contribution in [0, 0.1) is 12.8 Å². The van der Waals surface area contributed by atoms with Gasteiger partial charge in [0, 0.05) is 22.0 Å². The van der Waals surface area contributed by atoms with Gasteiger partial charge in [-0.3, -0.25) is 9.00 Å². The lowest BCUT2D eigenvalue weighted by molar-refractivity contribution is -0.121. The topological polar surface area (TPSA) is 46.2 Å². The zero-order valence-corrected chi connectivity index (χ0v) is 15.5. The van der Waals surface area contributed by atoms with E-state index in [0.717, 1.165) is 16.0 Å². The molecular formula is C20H25NO2S. The van der Waals surface area contributed by atoms with E-state index >= 15 is 0 Å². The molecule has 0 aliphatic rings. The van der Waals surface area contributed by atoms with Gasteiger partial charge in [0.2, 0.25) is 5.91 Å². The molecule has 2 aromatic rings. The average Bonchev–Trinajstić information content (AvgIpc) is 2.53. The second-order valence-corrected chi connectivity index (χ2v) is 7.80. The van der Waals surface area contributed by atoms with Crippen molar-refractivity contribution in [1.82, 2.24) is 5.32 Å².